The number of rotatable bonds is 4. The second-order valence-corrected chi connectivity index (χ2v) is 6.07. The maximum atomic E-state index is 12.3. The van der Waals surface area contributed by atoms with E-state index in [0.29, 0.717) is 24.0 Å². The van der Waals surface area contributed by atoms with Gasteiger partial charge in [-0.15, -0.1) is 11.3 Å². The van der Waals surface area contributed by atoms with Gasteiger partial charge in [-0.25, -0.2) is 4.98 Å². The van der Waals surface area contributed by atoms with Gasteiger partial charge in [0, 0.05) is 30.7 Å². The molecule has 1 aliphatic rings. The molecule has 0 bridgehead atoms. The van der Waals surface area contributed by atoms with Crippen molar-refractivity contribution in [1.82, 2.24) is 24.4 Å². The van der Waals surface area contributed by atoms with E-state index in [1.165, 1.54) is 16.2 Å². The maximum absolute atomic E-state index is 12.3. The number of hydrogen-bond donors (Lipinski definition) is 0. The van der Waals surface area contributed by atoms with E-state index in [9.17, 15) is 4.79 Å². The summed E-state index contributed by atoms with van der Waals surface area (Å²) in [5.74, 6) is 1.52. The number of aromatic nitrogens is 4. The number of carbonyl (C=O) groups is 1. The van der Waals surface area contributed by atoms with Crippen LogP contribution >= 0.6 is 11.3 Å². The number of fused-ring (bicyclic) bond motifs is 1. The van der Waals surface area contributed by atoms with Crippen molar-refractivity contribution in [2.75, 3.05) is 7.05 Å². The van der Waals surface area contributed by atoms with Crippen molar-refractivity contribution in [3.63, 3.8) is 0 Å². The molecule has 4 rings (SSSR count). The lowest BCUT2D eigenvalue weighted by molar-refractivity contribution is 0.0764. The van der Waals surface area contributed by atoms with Crippen LogP contribution in [0, 0.1) is 0 Å². The van der Waals surface area contributed by atoms with Crippen LogP contribution in [0.5, 0.6) is 0 Å². The van der Waals surface area contributed by atoms with Gasteiger partial charge in [-0.1, -0.05) is 5.16 Å². The zero-order valence-electron chi connectivity index (χ0n) is 11.4. The molecule has 0 spiro atoms. The predicted octanol–water partition coefficient (Wildman–Crippen LogP) is 1.93. The number of imidazole rings is 1. The van der Waals surface area contributed by atoms with E-state index in [4.69, 9.17) is 4.52 Å². The average molecular weight is 303 g/mol. The highest BCUT2D eigenvalue weighted by Crippen LogP contribution is 2.38. The average Bonchev–Trinajstić information content (AvgIpc) is 2.87. The van der Waals surface area contributed by atoms with Gasteiger partial charge < -0.3 is 9.42 Å². The molecule has 0 radical (unpaired) electrons. The molecule has 1 aliphatic carbocycles. The van der Waals surface area contributed by atoms with E-state index in [-0.39, 0.29) is 5.91 Å². The highest BCUT2D eigenvalue weighted by molar-refractivity contribution is 7.15. The fourth-order valence-electron chi connectivity index (χ4n) is 2.14. The van der Waals surface area contributed by atoms with Crippen LogP contribution in [0.4, 0.5) is 0 Å². The summed E-state index contributed by atoms with van der Waals surface area (Å²) < 4.78 is 7.02. The van der Waals surface area contributed by atoms with E-state index < -0.39 is 0 Å². The van der Waals surface area contributed by atoms with Crippen LogP contribution in [-0.2, 0) is 6.54 Å². The van der Waals surface area contributed by atoms with Crippen LogP contribution in [0.15, 0.2) is 22.3 Å². The Morgan fingerprint density at radius 3 is 3.14 bits per heavy atom. The molecule has 3 aromatic rings. The quantitative estimate of drug-likeness (QED) is 0.736. The molecule has 108 valence electrons. The summed E-state index contributed by atoms with van der Waals surface area (Å²) in [7, 11) is 1.71. The Labute approximate surface area is 124 Å². The predicted molar refractivity (Wildman–Crippen MR) is 75.1 cm³/mol. The van der Waals surface area contributed by atoms with Gasteiger partial charge in [0.15, 0.2) is 10.8 Å². The summed E-state index contributed by atoms with van der Waals surface area (Å²) >= 11 is 1.49. The fraction of sp³-hybridized carbons (Fsp3) is 0.385. The minimum Gasteiger partial charge on any atom is -0.337 e. The Morgan fingerprint density at radius 1 is 1.52 bits per heavy atom. The molecule has 0 saturated heterocycles. The molecule has 0 atom stereocenters. The Hall–Kier alpha value is -2.22. The minimum atomic E-state index is -0.155. The first-order chi connectivity index (χ1) is 10.2. The third kappa shape index (κ3) is 2.31. The van der Waals surface area contributed by atoms with Crippen LogP contribution in [-0.4, -0.2) is 37.4 Å². The molecule has 21 heavy (non-hydrogen) atoms. The van der Waals surface area contributed by atoms with Gasteiger partial charge in [-0.05, 0) is 12.8 Å². The number of nitrogens with zero attached hydrogens (tertiary/aromatic N) is 5. The lowest BCUT2D eigenvalue weighted by Gasteiger charge is -2.12. The molecule has 0 aliphatic heterocycles. The van der Waals surface area contributed by atoms with Gasteiger partial charge in [0.25, 0.3) is 5.91 Å². The Kier molecular flexibility index (Phi) is 2.78. The first-order valence-corrected chi connectivity index (χ1v) is 7.59. The van der Waals surface area contributed by atoms with E-state index in [1.807, 2.05) is 16.0 Å². The van der Waals surface area contributed by atoms with Crippen LogP contribution in [0.25, 0.3) is 4.96 Å². The molecule has 1 saturated carbocycles. The van der Waals surface area contributed by atoms with E-state index in [1.54, 1.807) is 13.2 Å². The molecule has 1 amide bonds. The molecule has 0 N–H and O–H groups in total. The fourth-order valence-corrected chi connectivity index (χ4v) is 2.84. The number of carbonyl (C=O) groups excluding carboxylic acids is 1. The van der Waals surface area contributed by atoms with Crippen LogP contribution in [0.1, 0.15) is 41.0 Å². The third-order valence-electron chi connectivity index (χ3n) is 3.46. The number of amides is 1. The molecular formula is C13H13N5O2S. The van der Waals surface area contributed by atoms with Crippen molar-refractivity contribution in [3.8, 4) is 0 Å². The smallest absolute Gasteiger partial charge is 0.274 e. The molecule has 8 heteroatoms. The normalized spacial score (nSPS) is 14.7. The minimum absolute atomic E-state index is 0.155. The standard InChI is InChI=1S/C13H13N5O2S/c1-17(7-10-15-11(16-20-10)8-2-3-8)12(19)9-6-18-4-5-21-13(18)14-9/h4-6,8H,2-3,7H2,1H3. The largest absolute Gasteiger partial charge is 0.337 e. The zero-order chi connectivity index (χ0) is 14.4. The van der Waals surface area contributed by atoms with Gasteiger partial charge in [-0.3, -0.25) is 9.20 Å². The van der Waals surface area contributed by atoms with Crippen LogP contribution in [0.3, 0.4) is 0 Å². The summed E-state index contributed by atoms with van der Waals surface area (Å²) in [4.78, 5) is 23.3. The van der Waals surface area contributed by atoms with Gasteiger partial charge in [0.05, 0.1) is 0 Å². The molecule has 1 fully saturated rings. The Balaban J connectivity index is 1.48. The SMILES string of the molecule is CN(Cc1nc(C2CC2)no1)C(=O)c1cn2ccsc2n1. The molecule has 3 heterocycles. The van der Waals surface area contributed by atoms with E-state index in [2.05, 4.69) is 15.1 Å². The first-order valence-electron chi connectivity index (χ1n) is 6.71. The van der Waals surface area contributed by atoms with Gasteiger partial charge >= 0.3 is 0 Å². The van der Waals surface area contributed by atoms with Crippen molar-refractivity contribution in [1.29, 1.82) is 0 Å². The van der Waals surface area contributed by atoms with Crippen molar-refractivity contribution in [2.24, 2.45) is 0 Å². The summed E-state index contributed by atoms with van der Waals surface area (Å²) in [6.45, 7) is 0.295. The number of thiazole rings is 1. The molecule has 7 nitrogen and oxygen atoms in total. The lowest BCUT2D eigenvalue weighted by atomic mass is 10.4. The van der Waals surface area contributed by atoms with Gasteiger partial charge in [0.1, 0.15) is 12.2 Å². The summed E-state index contributed by atoms with van der Waals surface area (Å²) in [6.07, 6.45) is 5.86. The Morgan fingerprint density at radius 2 is 2.38 bits per heavy atom. The van der Waals surface area contributed by atoms with Crippen molar-refractivity contribution in [3.05, 3.63) is 35.2 Å². The third-order valence-corrected chi connectivity index (χ3v) is 4.23. The first kappa shape index (κ1) is 12.5. The highest BCUT2D eigenvalue weighted by atomic mass is 32.1. The number of hydrogen-bond acceptors (Lipinski definition) is 6. The Bertz CT molecular complexity index is 772. The monoisotopic (exact) mass is 303 g/mol. The van der Waals surface area contributed by atoms with Crippen LogP contribution in [0.2, 0.25) is 0 Å². The van der Waals surface area contributed by atoms with Crippen molar-refractivity contribution >= 4 is 22.2 Å². The molecule has 0 unspecified atom stereocenters. The van der Waals surface area contributed by atoms with E-state index >= 15 is 0 Å². The van der Waals surface area contributed by atoms with Gasteiger partial charge in [-0.2, -0.15) is 4.98 Å². The molecule has 0 aromatic carbocycles. The van der Waals surface area contributed by atoms with Crippen LogP contribution < -0.4 is 0 Å². The summed E-state index contributed by atoms with van der Waals surface area (Å²) in [6, 6.07) is 0. The molecule has 3 aromatic heterocycles. The second-order valence-electron chi connectivity index (χ2n) is 5.20. The zero-order valence-corrected chi connectivity index (χ0v) is 12.2. The lowest BCUT2D eigenvalue weighted by Crippen LogP contribution is -2.26. The topological polar surface area (TPSA) is 76.5 Å². The second kappa shape index (κ2) is 4.66. The van der Waals surface area contributed by atoms with Crippen molar-refractivity contribution in [2.45, 2.75) is 25.3 Å². The molecular weight excluding hydrogens is 290 g/mol. The maximum Gasteiger partial charge on any atom is 0.274 e. The van der Waals surface area contributed by atoms with E-state index in [0.717, 1.165) is 23.6 Å². The van der Waals surface area contributed by atoms with Gasteiger partial charge in [0.2, 0.25) is 5.89 Å². The summed E-state index contributed by atoms with van der Waals surface area (Å²) in [5, 5.41) is 5.88. The highest BCUT2D eigenvalue weighted by Gasteiger charge is 2.29. The summed E-state index contributed by atoms with van der Waals surface area (Å²) in [5.41, 5.74) is 0.422. The van der Waals surface area contributed by atoms with Crippen molar-refractivity contribution < 1.29 is 9.32 Å².